The Bertz CT molecular complexity index is 320. The second-order valence-corrected chi connectivity index (χ2v) is 4.83. The van der Waals surface area contributed by atoms with Gasteiger partial charge in [-0.15, -0.1) is 0 Å². The second-order valence-electron chi connectivity index (χ2n) is 3.05. The number of carbonyl (C=O) groups is 1. The fraction of sp³-hybridized carbons (Fsp3) is 0.625. The van der Waals surface area contributed by atoms with Crippen LogP contribution in [-0.2, 0) is 19.1 Å². The van der Waals surface area contributed by atoms with Crippen LogP contribution in [0, 0.1) is 0 Å². The van der Waals surface area contributed by atoms with Crippen LogP contribution in [0.3, 0.4) is 0 Å². The van der Waals surface area contributed by atoms with E-state index < -0.39 is 16.2 Å². The van der Waals surface area contributed by atoms with Crippen molar-refractivity contribution in [2.75, 3.05) is 12.9 Å². The highest BCUT2D eigenvalue weighted by molar-refractivity contribution is 7.86. The summed E-state index contributed by atoms with van der Waals surface area (Å²) in [5.74, 6) is -0.605. The molecule has 1 atom stereocenters. The number of hydrogen-bond acceptors (Lipinski definition) is 4. The lowest BCUT2D eigenvalue weighted by Crippen LogP contribution is -2.38. The molecule has 0 aromatic carbocycles. The molecule has 0 aliphatic carbocycles. The molecule has 0 aromatic heterocycles. The van der Waals surface area contributed by atoms with E-state index in [-0.39, 0.29) is 11.7 Å². The molecule has 1 amide bonds. The molecule has 1 N–H and O–H groups in total. The van der Waals surface area contributed by atoms with Crippen molar-refractivity contribution in [2.45, 2.75) is 19.9 Å². The maximum absolute atomic E-state index is 11.1. The molecule has 0 saturated carbocycles. The van der Waals surface area contributed by atoms with E-state index in [4.69, 9.17) is 0 Å². The summed E-state index contributed by atoms with van der Waals surface area (Å²) in [7, 11) is -2.45. The van der Waals surface area contributed by atoms with Gasteiger partial charge in [0, 0.05) is 11.6 Å². The van der Waals surface area contributed by atoms with Gasteiger partial charge >= 0.3 is 0 Å². The van der Waals surface area contributed by atoms with E-state index in [9.17, 15) is 13.2 Å². The third-order valence-electron chi connectivity index (χ3n) is 1.47. The standard InChI is InChI=1S/C8H15NO4S/c1-6(2)8(10)9-7(3)5-14(11,12)13-4/h7H,1,5H2,2-4H3,(H,9,10). The minimum absolute atomic E-state index is 0.248. The summed E-state index contributed by atoms with van der Waals surface area (Å²) < 4.78 is 26.2. The van der Waals surface area contributed by atoms with Crippen LogP contribution in [0.4, 0.5) is 0 Å². The Morgan fingerprint density at radius 3 is 2.43 bits per heavy atom. The van der Waals surface area contributed by atoms with Crippen molar-refractivity contribution < 1.29 is 17.4 Å². The third-order valence-corrected chi connectivity index (χ3v) is 2.89. The van der Waals surface area contributed by atoms with E-state index >= 15 is 0 Å². The number of nitrogens with one attached hydrogen (secondary N) is 1. The van der Waals surface area contributed by atoms with Crippen molar-refractivity contribution in [3.8, 4) is 0 Å². The van der Waals surface area contributed by atoms with Crippen LogP contribution in [0.5, 0.6) is 0 Å². The smallest absolute Gasteiger partial charge is 0.269 e. The molecule has 0 aliphatic rings. The Morgan fingerprint density at radius 1 is 1.57 bits per heavy atom. The fourth-order valence-corrected chi connectivity index (χ4v) is 1.59. The first-order valence-electron chi connectivity index (χ1n) is 4.03. The van der Waals surface area contributed by atoms with Crippen molar-refractivity contribution in [2.24, 2.45) is 0 Å². The van der Waals surface area contributed by atoms with Crippen molar-refractivity contribution in [1.82, 2.24) is 5.32 Å². The molecule has 5 nitrogen and oxygen atoms in total. The monoisotopic (exact) mass is 221 g/mol. The van der Waals surface area contributed by atoms with Gasteiger partial charge in [-0.25, -0.2) is 0 Å². The summed E-state index contributed by atoms with van der Waals surface area (Å²) in [4.78, 5) is 11.1. The van der Waals surface area contributed by atoms with Gasteiger partial charge < -0.3 is 5.32 Å². The van der Waals surface area contributed by atoms with Gasteiger partial charge in [0.05, 0.1) is 12.9 Å². The van der Waals surface area contributed by atoms with Gasteiger partial charge in [0.2, 0.25) is 5.91 Å². The summed E-state index contributed by atoms with van der Waals surface area (Å²) in [5, 5.41) is 2.47. The Balaban J connectivity index is 4.19. The highest BCUT2D eigenvalue weighted by Gasteiger charge is 2.16. The minimum atomic E-state index is -3.53. The summed E-state index contributed by atoms with van der Waals surface area (Å²) >= 11 is 0. The van der Waals surface area contributed by atoms with Crippen LogP contribution in [0.2, 0.25) is 0 Å². The SMILES string of the molecule is C=C(C)C(=O)NC(C)CS(=O)(=O)OC. The second kappa shape index (κ2) is 5.11. The average Bonchev–Trinajstić information content (AvgIpc) is 2.02. The molecule has 0 radical (unpaired) electrons. The molecule has 6 heteroatoms. The van der Waals surface area contributed by atoms with Crippen molar-refractivity contribution in [3.05, 3.63) is 12.2 Å². The van der Waals surface area contributed by atoms with Gasteiger partial charge in [0.1, 0.15) is 0 Å². The maximum atomic E-state index is 11.1. The Morgan fingerprint density at radius 2 is 2.07 bits per heavy atom. The van der Waals surface area contributed by atoms with Gasteiger partial charge in [-0.2, -0.15) is 8.42 Å². The molecule has 0 rings (SSSR count). The first-order chi connectivity index (χ1) is 6.28. The van der Waals surface area contributed by atoms with Crippen molar-refractivity contribution >= 4 is 16.0 Å². The Hall–Kier alpha value is -0.880. The summed E-state index contributed by atoms with van der Waals surface area (Å²) in [5.41, 5.74) is 0.340. The van der Waals surface area contributed by atoms with Crippen LogP contribution in [0.1, 0.15) is 13.8 Å². The van der Waals surface area contributed by atoms with Crippen molar-refractivity contribution in [1.29, 1.82) is 0 Å². The Kier molecular flexibility index (Phi) is 4.79. The fourth-order valence-electron chi connectivity index (χ4n) is 0.763. The number of rotatable bonds is 5. The summed E-state index contributed by atoms with van der Waals surface area (Å²) in [6.07, 6.45) is 0. The first-order valence-corrected chi connectivity index (χ1v) is 5.61. The predicted molar refractivity (Wildman–Crippen MR) is 53.2 cm³/mol. The Labute approximate surface area is 84.3 Å². The number of hydrogen-bond donors (Lipinski definition) is 1. The van der Waals surface area contributed by atoms with Gasteiger partial charge in [-0.05, 0) is 13.8 Å². The third kappa shape index (κ3) is 4.98. The molecule has 14 heavy (non-hydrogen) atoms. The molecular weight excluding hydrogens is 206 g/mol. The van der Waals surface area contributed by atoms with Crippen molar-refractivity contribution in [3.63, 3.8) is 0 Å². The van der Waals surface area contributed by atoms with Gasteiger partial charge in [0.25, 0.3) is 10.1 Å². The van der Waals surface area contributed by atoms with Crippen LogP contribution in [0.25, 0.3) is 0 Å². The van der Waals surface area contributed by atoms with Gasteiger partial charge in [-0.3, -0.25) is 8.98 Å². The molecule has 0 aromatic rings. The lowest BCUT2D eigenvalue weighted by Gasteiger charge is -2.12. The van der Waals surface area contributed by atoms with Crippen LogP contribution in [0.15, 0.2) is 12.2 Å². The zero-order valence-electron chi connectivity index (χ0n) is 8.53. The van der Waals surface area contributed by atoms with Gasteiger partial charge in [0.15, 0.2) is 0 Å². The molecular formula is C8H15NO4S. The molecule has 0 fully saturated rings. The molecule has 1 unspecified atom stereocenters. The molecule has 0 heterocycles. The van der Waals surface area contributed by atoms with Crippen LogP contribution in [-0.4, -0.2) is 33.2 Å². The van der Waals surface area contributed by atoms with Crippen LogP contribution >= 0.6 is 0 Å². The van der Waals surface area contributed by atoms with E-state index in [1.54, 1.807) is 13.8 Å². The summed E-state index contributed by atoms with van der Waals surface area (Å²) in [6, 6.07) is -0.496. The van der Waals surface area contributed by atoms with Gasteiger partial charge in [-0.1, -0.05) is 6.58 Å². The molecule has 0 bridgehead atoms. The average molecular weight is 221 g/mol. The summed E-state index contributed by atoms with van der Waals surface area (Å²) in [6.45, 7) is 6.56. The first kappa shape index (κ1) is 13.1. The molecule has 0 saturated heterocycles. The predicted octanol–water partition coefficient (Wildman–Crippen LogP) is 0.0434. The number of amides is 1. The topological polar surface area (TPSA) is 72.5 Å². The van der Waals surface area contributed by atoms with E-state index in [0.717, 1.165) is 7.11 Å². The zero-order chi connectivity index (χ0) is 11.4. The van der Waals surface area contributed by atoms with E-state index in [1.807, 2.05) is 0 Å². The maximum Gasteiger partial charge on any atom is 0.269 e. The zero-order valence-corrected chi connectivity index (χ0v) is 9.35. The lowest BCUT2D eigenvalue weighted by atomic mass is 10.3. The quantitative estimate of drug-likeness (QED) is 0.525. The highest BCUT2D eigenvalue weighted by atomic mass is 32.2. The molecule has 0 aliphatic heterocycles. The lowest BCUT2D eigenvalue weighted by molar-refractivity contribution is -0.117. The minimum Gasteiger partial charge on any atom is -0.349 e. The largest absolute Gasteiger partial charge is 0.349 e. The van der Waals surface area contributed by atoms with E-state index in [1.165, 1.54) is 0 Å². The normalized spacial score (nSPS) is 13.4. The molecule has 82 valence electrons. The highest BCUT2D eigenvalue weighted by Crippen LogP contribution is 1.96. The molecule has 0 spiro atoms. The number of carbonyl (C=O) groups excluding carboxylic acids is 1. The van der Waals surface area contributed by atoms with E-state index in [2.05, 4.69) is 16.1 Å². The van der Waals surface area contributed by atoms with Crippen LogP contribution < -0.4 is 5.32 Å². The van der Waals surface area contributed by atoms with E-state index in [0.29, 0.717) is 5.57 Å².